The highest BCUT2D eigenvalue weighted by atomic mass is 35.5. The minimum atomic E-state index is 0.327. The Labute approximate surface area is 67.0 Å². The second-order valence-electron chi connectivity index (χ2n) is 2.28. The third kappa shape index (κ3) is 2.92. The van der Waals surface area contributed by atoms with Gasteiger partial charge >= 0.3 is 0 Å². The fourth-order valence-corrected chi connectivity index (χ4v) is 0.987. The zero-order valence-corrected chi connectivity index (χ0v) is 7.20. The van der Waals surface area contributed by atoms with Gasteiger partial charge in [-0.05, 0) is 25.8 Å². The lowest BCUT2D eigenvalue weighted by Crippen LogP contribution is -1.90. The zero-order valence-electron chi connectivity index (χ0n) is 6.45. The summed E-state index contributed by atoms with van der Waals surface area (Å²) in [6.45, 7) is 7.23. The first kappa shape index (κ1) is 9.57. The number of allylic oxidation sites excluding steroid dienone is 3. The van der Waals surface area contributed by atoms with Crippen molar-refractivity contribution in [3.8, 4) is 0 Å². The maximum Gasteiger partial charge on any atom is 0.0926 e. The fourth-order valence-electron chi connectivity index (χ4n) is 0.798. The van der Waals surface area contributed by atoms with Crippen LogP contribution in [0.5, 0.6) is 0 Å². The SMILES string of the molecule is C=C(C)/C(CCCl)=C(/C)O. The van der Waals surface area contributed by atoms with E-state index in [0.29, 0.717) is 18.1 Å². The highest BCUT2D eigenvalue weighted by Gasteiger charge is 2.00. The van der Waals surface area contributed by atoms with E-state index in [1.165, 1.54) is 0 Å². The second kappa shape index (κ2) is 4.40. The molecule has 0 atom stereocenters. The largest absolute Gasteiger partial charge is 0.512 e. The van der Waals surface area contributed by atoms with Crippen molar-refractivity contribution in [2.75, 3.05) is 5.88 Å². The quantitative estimate of drug-likeness (QED) is 0.382. The molecule has 0 fully saturated rings. The molecule has 0 saturated heterocycles. The molecule has 0 aromatic heterocycles. The minimum absolute atomic E-state index is 0.327. The molecule has 0 unspecified atom stereocenters. The van der Waals surface area contributed by atoms with Crippen LogP contribution in [0.4, 0.5) is 0 Å². The second-order valence-corrected chi connectivity index (χ2v) is 2.66. The van der Waals surface area contributed by atoms with Gasteiger partial charge in [-0.3, -0.25) is 0 Å². The number of rotatable bonds is 3. The number of aliphatic hydroxyl groups excluding tert-OH is 1. The normalized spacial score (nSPS) is 12.7. The van der Waals surface area contributed by atoms with Gasteiger partial charge in [0.15, 0.2) is 0 Å². The summed E-state index contributed by atoms with van der Waals surface area (Å²) in [5, 5.41) is 9.07. The molecule has 2 heteroatoms. The molecule has 0 heterocycles. The molecule has 0 aliphatic heterocycles. The summed E-state index contributed by atoms with van der Waals surface area (Å²) in [5.41, 5.74) is 1.76. The summed E-state index contributed by atoms with van der Waals surface area (Å²) in [5.74, 6) is 0.855. The number of alkyl halides is 1. The summed E-state index contributed by atoms with van der Waals surface area (Å²) in [7, 11) is 0. The number of hydrogen-bond acceptors (Lipinski definition) is 1. The van der Waals surface area contributed by atoms with Crippen LogP contribution in [0, 0.1) is 0 Å². The molecule has 0 aliphatic carbocycles. The van der Waals surface area contributed by atoms with Gasteiger partial charge in [-0.15, -0.1) is 11.6 Å². The summed E-state index contributed by atoms with van der Waals surface area (Å²) in [6.07, 6.45) is 0.694. The number of aliphatic hydroxyl groups is 1. The zero-order chi connectivity index (χ0) is 8.15. The van der Waals surface area contributed by atoms with E-state index < -0.39 is 0 Å². The number of halogens is 1. The average Bonchev–Trinajstić information content (AvgIpc) is 1.81. The van der Waals surface area contributed by atoms with Crippen LogP contribution in [-0.2, 0) is 0 Å². The van der Waals surface area contributed by atoms with Crippen LogP contribution in [-0.4, -0.2) is 11.0 Å². The maximum absolute atomic E-state index is 9.07. The Hall–Kier alpha value is -0.430. The summed E-state index contributed by atoms with van der Waals surface area (Å²) >= 11 is 5.50. The monoisotopic (exact) mass is 160 g/mol. The van der Waals surface area contributed by atoms with E-state index in [9.17, 15) is 0 Å². The van der Waals surface area contributed by atoms with E-state index in [1.807, 2.05) is 6.92 Å². The summed E-state index contributed by atoms with van der Waals surface area (Å²) in [4.78, 5) is 0. The van der Waals surface area contributed by atoms with Crippen molar-refractivity contribution < 1.29 is 5.11 Å². The van der Waals surface area contributed by atoms with E-state index in [4.69, 9.17) is 16.7 Å². The Morgan fingerprint density at radius 3 is 2.10 bits per heavy atom. The Bertz CT molecular complexity index is 155. The molecule has 0 amide bonds. The molecule has 0 saturated carbocycles. The lowest BCUT2D eigenvalue weighted by atomic mass is 10.1. The van der Waals surface area contributed by atoms with Gasteiger partial charge in [0.1, 0.15) is 0 Å². The van der Waals surface area contributed by atoms with Gasteiger partial charge in [-0.2, -0.15) is 0 Å². The molecule has 0 spiro atoms. The van der Waals surface area contributed by atoms with Crippen molar-refractivity contribution in [1.82, 2.24) is 0 Å². The molecule has 0 aromatic rings. The van der Waals surface area contributed by atoms with Crippen molar-refractivity contribution >= 4 is 11.6 Å². The van der Waals surface area contributed by atoms with E-state index in [2.05, 4.69) is 6.58 Å². The van der Waals surface area contributed by atoms with Crippen molar-refractivity contribution in [3.63, 3.8) is 0 Å². The third-order valence-corrected chi connectivity index (χ3v) is 1.49. The van der Waals surface area contributed by atoms with Crippen LogP contribution in [0.1, 0.15) is 20.3 Å². The van der Waals surface area contributed by atoms with Crippen LogP contribution in [0.3, 0.4) is 0 Å². The van der Waals surface area contributed by atoms with Crippen molar-refractivity contribution in [2.24, 2.45) is 0 Å². The Balaban J connectivity index is 4.28. The molecule has 1 nitrogen and oxygen atoms in total. The molecular formula is C8H13ClO. The maximum atomic E-state index is 9.07. The predicted octanol–water partition coefficient (Wildman–Crippen LogP) is 3.02. The van der Waals surface area contributed by atoms with Gasteiger partial charge in [-0.1, -0.05) is 12.2 Å². The molecule has 0 rings (SSSR count). The van der Waals surface area contributed by atoms with E-state index >= 15 is 0 Å². The molecule has 0 bridgehead atoms. The van der Waals surface area contributed by atoms with Gasteiger partial charge in [0, 0.05) is 5.88 Å². The fraction of sp³-hybridized carbons (Fsp3) is 0.500. The van der Waals surface area contributed by atoms with Crippen LogP contribution < -0.4 is 0 Å². The van der Waals surface area contributed by atoms with Crippen molar-refractivity contribution in [3.05, 3.63) is 23.5 Å². The summed E-state index contributed by atoms with van der Waals surface area (Å²) in [6, 6.07) is 0. The first-order chi connectivity index (χ1) is 4.59. The first-order valence-corrected chi connectivity index (χ1v) is 3.73. The van der Waals surface area contributed by atoms with Gasteiger partial charge in [-0.25, -0.2) is 0 Å². The number of hydrogen-bond donors (Lipinski definition) is 1. The predicted molar refractivity (Wildman–Crippen MR) is 45.5 cm³/mol. The van der Waals surface area contributed by atoms with Crippen LogP contribution in [0.2, 0.25) is 0 Å². The lowest BCUT2D eigenvalue weighted by molar-refractivity contribution is 0.406. The van der Waals surface area contributed by atoms with Gasteiger partial charge < -0.3 is 5.11 Å². The highest BCUT2D eigenvalue weighted by Crippen LogP contribution is 2.15. The summed E-state index contributed by atoms with van der Waals surface area (Å²) < 4.78 is 0. The van der Waals surface area contributed by atoms with Crippen LogP contribution in [0.15, 0.2) is 23.5 Å². The molecule has 58 valence electrons. The van der Waals surface area contributed by atoms with Gasteiger partial charge in [0.05, 0.1) is 5.76 Å². The molecule has 1 N–H and O–H groups in total. The highest BCUT2D eigenvalue weighted by molar-refractivity contribution is 6.18. The van der Waals surface area contributed by atoms with E-state index in [1.54, 1.807) is 6.92 Å². The average molecular weight is 161 g/mol. The lowest BCUT2D eigenvalue weighted by Gasteiger charge is -2.04. The van der Waals surface area contributed by atoms with Crippen molar-refractivity contribution in [2.45, 2.75) is 20.3 Å². The Morgan fingerprint density at radius 1 is 1.50 bits per heavy atom. The van der Waals surface area contributed by atoms with Gasteiger partial charge in [0.2, 0.25) is 0 Å². The smallest absolute Gasteiger partial charge is 0.0926 e. The molecule has 0 aliphatic rings. The van der Waals surface area contributed by atoms with Crippen LogP contribution >= 0.6 is 11.6 Å². The Kier molecular flexibility index (Phi) is 4.21. The molecule has 0 aromatic carbocycles. The van der Waals surface area contributed by atoms with E-state index in [-0.39, 0.29) is 0 Å². The molecular weight excluding hydrogens is 148 g/mol. The third-order valence-electron chi connectivity index (χ3n) is 1.30. The minimum Gasteiger partial charge on any atom is -0.512 e. The standard InChI is InChI=1S/C8H13ClO/c1-6(2)8(4-5-9)7(3)10/h10H,1,4-5H2,2-3H3/b8-7-. The molecule has 10 heavy (non-hydrogen) atoms. The van der Waals surface area contributed by atoms with Crippen LogP contribution in [0.25, 0.3) is 0 Å². The first-order valence-electron chi connectivity index (χ1n) is 3.20. The van der Waals surface area contributed by atoms with Gasteiger partial charge in [0.25, 0.3) is 0 Å². The molecule has 0 radical (unpaired) electrons. The topological polar surface area (TPSA) is 20.2 Å². The Morgan fingerprint density at radius 2 is 2.00 bits per heavy atom. The van der Waals surface area contributed by atoms with E-state index in [0.717, 1.165) is 11.1 Å². The van der Waals surface area contributed by atoms with Crippen molar-refractivity contribution in [1.29, 1.82) is 0 Å².